The van der Waals surface area contributed by atoms with Crippen molar-refractivity contribution in [2.75, 3.05) is 18.4 Å². The molecule has 0 saturated carbocycles. The van der Waals surface area contributed by atoms with Crippen LogP contribution in [0.15, 0.2) is 53.7 Å². The molecule has 38 heavy (non-hydrogen) atoms. The molecule has 0 bridgehead atoms. The van der Waals surface area contributed by atoms with Crippen LogP contribution < -0.4 is 10.0 Å². The lowest BCUT2D eigenvalue weighted by Gasteiger charge is -2.38. The maximum atomic E-state index is 12.9. The standard InChI is InChI=1S/C27H29N5O5S/c33-26(28-25-22-10-4-8-19(22)14-20-9-5-11-23(20)25)30-38(35,36)24-12-13-32(29-24)21-15-31(16-21)27(34)37-17-18-6-2-1-3-7-18/h1-3,6-7,12-14,21H,4-5,8-11,15-17H2,(H2,28,30,33). The number of likely N-dealkylation sites (tertiary alicyclic amines) is 1. The molecule has 2 aliphatic carbocycles. The number of aryl methyl sites for hydroxylation is 2. The molecular formula is C27H29N5O5S. The van der Waals surface area contributed by atoms with Gasteiger partial charge in [0.05, 0.1) is 6.04 Å². The van der Waals surface area contributed by atoms with E-state index in [0.717, 1.165) is 60.9 Å². The van der Waals surface area contributed by atoms with Crippen molar-refractivity contribution < 1.29 is 22.7 Å². The number of rotatable bonds is 6. The zero-order valence-corrected chi connectivity index (χ0v) is 21.7. The van der Waals surface area contributed by atoms with Crippen LogP contribution in [0.3, 0.4) is 0 Å². The third-order valence-corrected chi connectivity index (χ3v) is 8.72. The Morgan fingerprint density at radius 3 is 2.34 bits per heavy atom. The number of urea groups is 1. The van der Waals surface area contributed by atoms with Crippen LogP contribution in [-0.4, -0.2) is 48.3 Å². The summed E-state index contributed by atoms with van der Waals surface area (Å²) < 4.78 is 34.8. The molecule has 1 saturated heterocycles. The summed E-state index contributed by atoms with van der Waals surface area (Å²) in [7, 11) is -4.17. The highest BCUT2D eigenvalue weighted by Gasteiger charge is 2.34. The van der Waals surface area contributed by atoms with Crippen LogP contribution in [0.4, 0.5) is 15.3 Å². The van der Waals surface area contributed by atoms with Gasteiger partial charge >= 0.3 is 12.1 Å². The topological polar surface area (TPSA) is 123 Å². The highest BCUT2D eigenvalue weighted by molar-refractivity contribution is 7.90. The summed E-state index contributed by atoms with van der Waals surface area (Å²) in [5.41, 5.74) is 6.43. The number of amides is 3. The van der Waals surface area contributed by atoms with Crippen molar-refractivity contribution in [3.8, 4) is 0 Å². The zero-order chi connectivity index (χ0) is 26.3. The second-order valence-corrected chi connectivity index (χ2v) is 11.7. The molecule has 3 aromatic rings. The van der Waals surface area contributed by atoms with Crippen LogP contribution in [-0.2, 0) is 47.1 Å². The number of hydrogen-bond donors (Lipinski definition) is 2. The van der Waals surface area contributed by atoms with E-state index in [9.17, 15) is 18.0 Å². The van der Waals surface area contributed by atoms with Crippen LogP contribution in [0.1, 0.15) is 46.7 Å². The minimum Gasteiger partial charge on any atom is -0.445 e. The molecule has 0 atom stereocenters. The van der Waals surface area contributed by atoms with E-state index in [-0.39, 0.29) is 17.7 Å². The fourth-order valence-corrected chi connectivity index (χ4v) is 6.37. The number of carbonyl (C=O) groups is 2. The van der Waals surface area contributed by atoms with E-state index in [0.29, 0.717) is 13.1 Å². The SMILES string of the molecule is O=C(Nc1c2c(cc3c1CCC3)CCC2)NS(=O)(=O)c1ccn(C2CN(C(=O)OCc3ccccc3)C2)n1. The van der Waals surface area contributed by atoms with Gasteiger partial charge in [0.2, 0.25) is 0 Å². The number of ether oxygens (including phenoxy) is 1. The van der Waals surface area contributed by atoms with Gasteiger partial charge in [0.15, 0.2) is 5.03 Å². The summed E-state index contributed by atoms with van der Waals surface area (Å²) >= 11 is 0. The van der Waals surface area contributed by atoms with Gasteiger partial charge in [-0.2, -0.15) is 13.5 Å². The molecule has 0 spiro atoms. The van der Waals surface area contributed by atoms with Crippen LogP contribution in [0.5, 0.6) is 0 Å². The molecule has 0 radical (unpaired) electrons. The molecule has 3 amide bonds. The minimum atomic E-state index is -4.17. The summed E-state index contributed by atoms with van der Waals surface area (Å²) in [5.74, 6) is 0. The van der Waals surface area contributed by atoms with Gasteiger partial charge in [-0.05, 0) is 72.4 Å². The van der Waals surface area contributed by atoms with E-state index in [2.05, 4.69) is 21.2 Å². The quantitative estimate of drug-likeness (QED) is 0.498. The van der Waals surface area contributed by atoms with Gasteiger partial charge in [0, 0.05) is 25.0 Å². The van der Waals surface area contributed by atoms with Gasteiger partial charge in [0.1, 0.15) is 6.61 Å². The summed E-state index contributed by atoms with van der Waals surface area (Å²) in [6, 6.07) is 12.1. The number of anilines is 1. The Kier molecular flexibility index (Phi) is 6.30. The Morgan fingerprint density at radius 2 is 1.66 bits per heavy atom. The number of fused-ring (bicyclic) bond motifs is 2. The lowest BCUT2D eigenvalue weighted by Crippen LogP contribution is -2.51. The molecule has 11 heteroatoms. The van der Waals surface area contributed by atoms with E-state index < -0.39 is 22.1 Å². The molecule has 1 aliphatic heterocycles. The lowest BCUT2D eigenvalue weighted by molar-refractivity contribution is 0.0493. The summed E-state index contributed by atoms with van der Waals surface area (Å²) in [5, 5.41) is 6.77. The molecule has 10 nitrogen and oxygen atoms in total. The summed E-state index contributed by atoms with van der Waals surface area (Å²) in [6.07, 6.45) is 6.92. The van der Waals surface area contributed by atoms with Crippen molar-refractivity contribution in [1.82, 2.24) is 19.4 Å². The monoisotopic (exact) mass is 535 g/mol. The fraction of sp³-hybridized carbons (Fsp3) is 0.370. The Bertz CT molecular complexity index is 1460. The number of nitrogens with zero attached hydrogens (tertiary/aromatic N) is 3. The maximum absolute atomic E-state index is 12.9. The van der Waals surface area contributed by atoms with E-state index in [4.69, 9.17) is 4.74 Å². The molecule has 0 unspecified atom stereocenters. The highest BCUT2D eigenvalue weighted by atomic mass is 32.2. The molecular weight excluding hydrogens is 506 g/mol. The first-order chi connectivity index (χ1) is 18.4. The Balaban J connectivity index is 1.06. The largest absolute Gasteiger partial charge is 0.445 e. The number of benzene rings is 2. The van der Waals surface area contributed by atoms with Crippen molar-refractivity contribution in [3.05, 3.63) is 76.5 Å². The number of nitrogens with one attached hydrogen (secondary N) is 2. The lowest BCUT2D eigenvalue weighted by atomic mass is 9.99. The van der Waals surface area contributed by atoms with Crippen molar-refractivity contribution in [1.29, 1.82) is 0 Å². The molecule has 198 valence electrons. The Hall–Kier alpha value is -3.86. The van der Waals surface area contributed by atoms with Gasteiger partial charge in [-0.3, -0.25) is 4.68 Å². The minimum absolute atomic E-state index is 0.174. The zero-order valence-electron chi connectivity index (χ0n) is 20.9. The Morgan fingerprint density at radius 1 is 0.974 bits per heavy atom. The molecule has 2 heterocycles. The first-order valence-corrected chi connectivity index (χ1v) is 14.4. The van der Waals surface area contributed by atoms with Gasteiger partial charge in [-0.15, -0.1) is 0 Å². The average molecular weight is 536 g/mol. The van der Waals surface area contributed by atoms with E-state index in [1.54, 1.807) is 6.20 Å². The van der Waals surface area contributed by atoms with Gasteiger partial charge in [-0.1, -0.05) is 36.4 Å². The van der Waals surface area contributed by atoms with Crippen molar-refractivity contribution >= 4 is 27.8 Å². The Labute approximate surface area is 221 Å². The molecule has 6 rings (SSSR count). The number of hydrogen-bond acceptors (Lipinski definition) is 6. The van der Waals surface area contributed by atoms with Gasteiger partial charge < -0.3 is 15.0 Å². The van der Waals surface area contributed by atoms with Crippen LogP contribution in [0.25, 0.3) is 0 Å². The van der Waals surface area contributed by atoms with Crippen LogP contribution in [0, 0.1) is 0 Å². The first kappa shape index (κ1) is 24.5. The van der Waals surface area contributed by atoms with Gasteiger partial charge in [0.25, 0.3) is 10.0 Å². The first-order valence-electron chi connectivity index (χ1n) is 12.9. The van der Waals surface area contributed by atoms with Crippen molar-refractivity contribution in [3.63, 3.8) is 0 Å². The third kappa shape index (κ3) is 4.73. The predicted molar refractivity (Wildman–Crippen MR) is 139 cm³/mol. The second-order valence-electron chi connectivity index (χ2n) is 10.0. The molecule has 2 aromatic carbocycles. The number of sulfonamides is 1. The smallest absolute Gasteiger partial charge is 0.410 e. The summed E-state index contributed by atoms with van der Waals surface area (Å²) in [4.78, 5) is 26.6. The van der Waals surface area contributed by atoms with Crippen LogP contribution >= 0.6 is 0 Å². The van der Waals surface area contributed by atoms with E-state index >= 15 is 0 Å². The van der Waals surface area contributed by atoms with Crippen molar-refractivity contribution in [2.45, 2.75) is 56.2 Å². The van der Waals surface area contributed by atoms with Gasteiger partial charge in [-0.25, -0.2) is 14.3 Å². The van der Waals surface area contributed by atoms with Crippen LogP contribution in [0.2, 0.25) is 0 Å². The highest BCUT2D eigenvalue weighted by Crippen LogP contribution is 2.38. The second kappa shape index (κ2) is 9.79. The molecule has 1 aromatic heterocycles. The fourth-order valence-electron chi connectivity index (χ4n) is 5.53. The molecule has 1 fully saturated rings. The summed E-state index contributed by atoms with van der Waals surface area (Å²) in [6.45, 7) is 0.896. The van der Waals surface area contributed by atoms with E-state index in [1.165, 1.54) is 26.8 Å². The average Bonchev–Trinajstić information content (AvgIpc) is 3.63. The van der Waals surface area contributed by atoms with Crippen molar-refractivity contribution in [2.24, 2.45) is 0 Å². The third-order valence-electron chi connectivity index (χ3n) is 7.50. The number of carbonyl (C=O) groups excluding carboxylic acids is 2. The maximum Gasteiger partial charge on any atom is 0.410 e. The number of aromatic nitrogens is 2. The molecule has 2 N–H and O–H groups in total. The normalized spacial score (nSPS) is 16.5. The molecule has 3 aliphatic rings. The van der Waals surface area contributed by atoms with E-state index in [1.807, 2.05) is 30.3 Å². The predicted octanol–water partition coefficient (Wildman–Crippen LogP) is 3.56.